The molecule has 2 aromatic rings. The molecule has 0 saturated carbocycles. The fraction of sp³-hybridized carbons (Fsp3) is 0.143. The van der Waals surface area contributed by atoms with Crippen molar-refractivity contribution in [2.24, 2.45) is 0 Å². The molecule has 0 heterocycles. The summed E-state index contributed by atoms with van der Waals surface area (Å²) in [5.41, 5.74) is 6.75. The van der Waals surface area contributed by atoms with Gasteiger partial charge in [-0.25, -0.2) is 12.8 Å². The molecule has 0 aromatic heterocycles. The summed E-state index contributed by atoms with van der Waals surface area (Å²) >= 11 is 0. The quantitative estimate of drug-likeness (QED) is 0.831. The van der Waals surface area contributed by atoms with E-state index in [0.29, 0.717) is 12.3 Å². The number of rotatable bonds is 5. The predicted octanol–water partition coefficient (Wildman–Crippen LogP) is 2.36. The molecule has 2 rings (SSSR count). The Morgan fingerprint density at radius 2 is 2.00 bits per heavy atom. The van der Waals surface area contributed by atoms with Crippen molar-refractivity contribution < 1.29 is 17.5 Å². The minimum atomic E-state index is -3.95. The van der Waals surface area contributed by atoms with E-state index < -0.39 is 15.8 Å². The number of nitrogens with one attached hydrogen (secondary N) is 1. The van der Waals surface area contributed by atoms with E-state index in [2.05, 4.69) is 4.72 Å². The van der Waals surface area contributed by atoms with Crippen molar-refractivity contribution in [3.63, 3.8) is 0 Å². The fourth-order valence-corrected chi connectivity index (χ4v) is 3.04. The van der Waals surface area contributed by atoms with Gasteiger partial charge in [-0.05, 0) is 35.9 Å². The highest BCUT2D eigenvalue weighted by molar-refractivity contribution is 7.92. The SMILES string of the molecule is COCc1cccc(NS(=O)(=O)c2cc(F)ccc2N)c1. The van der Waals surface area contributed by atoms with Gasteiger partial charge in [-0.1, -0.05) is 12.1 Å². The summed E-state index contributed by atoms with van der Waals surface area (Å²) in [5, 5.41) is 0. The normalized spacial score (nSPS) is 11.3. The van der Waals surface area contributed by atoms with Gasteiger partial charge in [-0.3, -0.25) is 4.72 Å². The van der Waals surface area contributed by atoms with Crippen LogP contribution in [-0.2, 0) is 21.4 Å². The Balaban J connectivity index is 2.33. The molecule has 0 aliphatic heterocycles. The monoisotopic (exact) mass is 310 g/mol. The Morgan fingerprint density at radius 3 is 2.71 bits per heavy atom. The molecule has 112 valence electrons. The van der Waals surface area contributed by atoms with Crippen LogP contribution in [0, 0.1) is 5.82 Å². The summed E-state index contributed by atoms with van der Waals surface area (Å²) in [6.45, 7) is 0.359. The summed E-state index contributed by atoms with van der Waals surface area (Å²) in [5.74, 6) is -0.669. The van der Waals surface area contributed by atoms with Crippen molar-refractivity contribution in [3.05, 3.63) is 53.8 Å². The van der Waals surface area contributed by atoms with Gasteiger partial charge in [0.2, 0.25) is 0 Å². The average Bonchev–Trinajstić information content (AvgIpc) is 2.42. The molecule has 0 aliphatic rings. The van der Waals surface area contributed by atoms with Crippen LogP contribution in [0.3, 0.4) is 0 Å². The van der Waals surface area contributed by atoms with Gasteiger partial charge in [0.05, 0.1) is 12.3 Å². The van der Waals surface area contributed by atoms with E-state index in [1.165, 1.54) is 6.07 Å². The number of sulfonamides is 1. The van der Waals surface area contributed by atoms with Crippen molar-refractivity contribution in [3.8, 4) is 0 Å². The average molecular weight is 310 g/mol. The molecule has 0 unspecified atom stereocenters. The molecule has 5 nitrogen and oxygen atoms in total. The Morgan fingerprint density at radius 1 is 1.24 bits per heavy atom. The maximum atomic E-state index is 13.2. The van der Waals surface area contributed by atoms with Crippen LogP contribution in [-0.4, -0.2) is 15.5 Å². The van der Waals surface area contributed by atoms with E-state index >= 15 is 0 Å². The molecule has 0 fully saturated rings. The highest BCUT2D eigenvalue weighted by Gasteiger charge is 2.18. The van der Waals surface area contributed by atoms with E-state index in [9.17, 15) is 12.8 Å². The van der Waals surface area contributed by atoms with Gasteiger partial charge in [0.1, 0.15) is 10.7 Å². The van der Waals surface area contributed by atoms with Crippen LogP contribution in [0.15, 0.2) is 47.4 Å². The number of benzene rings is 2. The maximum Gasteiger partial charge on any atom is 0.264 e. The second kappa shape index (κ2) is 6.11. The van der Waals surface area contributed by atoms with Crippen LogP contribution in [0.1, 0.15) is 5.56 Å². The number of hydrogen-bond acceptors (Lipinski definition) is 4. The van der Waals surface area contributed by atoms with E-state index in [1.54, 1.807) is 31.4 Å². The van der Waals surface area contributed by atoms with E-state index in [0.717, 1.165) is 17.7 Å². The molecule has 0 aliphatic carbocycles. The lowest BCUT2D eigenvalue weighted by atomic mass is 10.2. The van der Waals surface area contributed by atoms with Crippen molar-refractivity contribution in [1.29, 1.82) is 0 Å². The van der Waals surface area contributed by atoms with Crippen molar-refractivity contribution in [1.82, 2.24) is 0 Å². The number of hydrogen-bond donors (Lipinski definition) is 2. The van der Waals surface area contributed by atoms with Gasteiger partial charge in [0, 0.05) is 12.8 Å². The third-order valence-electron chi connectivity index (χ3n) is 2.76. The molecular weight excluding hydrogens is 295 g/mol. The van der Waals surface area contributed by atoms with Crippen molar-refractivity contribution >= 4 is 21.4 Å². The summed E-state index contributed by atoms with van der Waals surface area (Å²) in [6, 6.07) is 9.93. The summed E-state index contributed by atoms with van der Waals surface area (Å²) in [4.78, 5) is -0.292. The number of anilines is 2. The van der Waals surface area contributed by atoms with Crippen LogP contribution >= 0.6 is 0 Å². The lowest BCUT2D eigenvalue weighted by Crippen LogP contribution is -2.15. The Hall–Kier alpha value is -2.12. The molecule has 0 atom stereocenters. The van der Waals surface area contributed by atoms with Gasteiger partial charge in [-0.15, -0.1) is 0 Å². The first-order valence-corrected chi connectivity index (χ1v) is 7.56. The minimum absolute atomic E-state index is 0.0167. The summed E-state index contributed by atoms with van der Waals surface area (Å²) in [7, 11) is -2.41. The zero-order valence-electron chi connectivity index (χ0n) is 11.3. The van der Waals surface area contributed by atoms with Gasteiger partial charge >= 0.3 is 0 Å². The van der Waals surface area contributed by atoms with Crippen LogP contribution in [0.5, 0.6) is 0 Å². The summed E-state index contributed by atoms with van der Waals surface area (Å²) < 4.78 is 45.1. The number of methoxy groups -OCH3 is 1. The van der Waals surface area contributed by atoms with E-state index in [1.807, 2.05) is 0 Å². The Labute approximate surface area is 122 Å². The van der Waals surface area contributed by atoms with Crippen molar-refractivity contribution in [2.45, 2.75) is 11.5 Å². The lowest BCUT2D eigenvalue weighted by molar-refractivity contribution is 0.185. The molecule has 0 bridgehead atoms. The van der Waals surface area contributed by atoms with Gasteiger partial charge < -0.3 is 10.5 Å². The lowest BCUT2D eigenvalue weighted by Gasteiger charge is -2.11. The smallest absolute Gasteiger partial charge is 0.264 e. The number of nitrogen functional groups attached to an aromatic ring is 1. The molecule has 0 amide bonds. The van der Waals surface area contributed by atoms with Crippen LogP contribution < -0.4 is 10.5 Å². The van der Waals surface area contributed by atoms with Gasteiger partial charge in [-0.2, -0.15) is 0 Å². The first-order chi connectivity index (χ1) is 9.92. The number of halogens is 1. The zero-order valence-corrected chi connectivity index (χ0v) is 12.2. The highest BCUT2D eigenvalue weighted by Crippen LogP contribution is 2.23. The van der Waals surface area contributed by atoms with Gasteiger partial charge in [0.15, 0.2) is 0 Å². The maximum absolute atomic E-state index is 13.2. The number of ether oxygens (including phenoxy) is 1. The third-order valence-corrected chi connectivity index (χ3v) is 4.19. The molecule has 2 aromatic carbocycles. The first kappa shape index (κ1) is 15.3. The Bertz CT molecular complexity index is 748. The molecule has 7 heteroatoms. The van der Waals surface area contributed by atoms with Gasteiger partial charge in [0.25, 0.3) is 10.0 Å². The fourth-order valence-electron chi connectivity index (χ4n) is 1.84. The predicted molar refractivity (Wildman–Crippen MR) is 78.8 cm³/mol. The second-order valence-corrected chi connectivity index (χ2v) is 6.07. The Kier molecular flexibility index (Phi) is 4.44. The standard InChI is InChI=1S/C14H15FN2O3S/c1-20-9-10-3-2-4-12(7-10)17-21(18,19)14-8-11(15)5-6-13(14)16/h2-8,17H,9,16H2,1H3. The first-order valence-electron chi connectivity index (χ1n) is 6.08. The van der Waals surface area contributed by atoms with Crippen LogP contribution in [0.25, 0.3) is 0 Å². The molecule has 0 radical (unpaired) electrons. The third kappa shape index (κ3) is 3.71. The number of nitrogens with two attached hydrogens (primary N) is 1. The molecule has 21 heavy (non-hydrogen) atoms. The zero-order chi connectivity index (χ0) is 15.5. The minimum Gasteiger partial charge on any atom is -0.398 e. The topological polar surface area (TPSA) is 81.4 Å². The largest absolute Gasteiger partial charge is 0.398 e. The van der Waals surface area contributed by atoms with E-state index in [-0.39, 0.29) is 10.6 Å². The molecular formula is C14H15FN2O3S. The van der Waals surface area contributed by atoms with Crippen molar-refractivity contribution in [2.75, 3.05) is 17.6 Å². The molecule has 3 N–H and O–H groups in total. The highest BCUT2D eigenvalue weighted by atomic mass is 32.2. The molecule has 0 spiro atoms. The second-order valence-electron chi connectivity index (χ2n) is 4.42. The van der Waals surface area contributed by atoms with E-state index in [4.69, 9.17) is 10.5 Å². The van der Waals surface area contributed by atoms with Crippen LogP contribution in [0.2, 0.25) is 0 Å². The van der Waals surface area contributed by atoms with Crippen LogP contribution in [0.4, 0.5) is 15.8 Å². The molecule has 0 saturated heterocycles. The summed E-state index contributed by atoms with van der Waals surface area (Å²) in [6.07, 6.45) is 0.